The fourth-order valence-corrected chi connectivity index (χ4v) is 1.58. The van der Waals surface area contributed by atoms with Gasteiger partial charge in [-0.1, -0.05) is 18.5 Å². The molecule has 4 heteroatoms. The molecule has 1 aromatic heterocycles. The van der Waals surface area contributed by atoms with Gasteiger partial charge in [0.25, 0.3) is 0 Å². The van der Waals surface area contributed by atoms with Crippen molar-refractivity contribution in [3.63, 3.8) is 0 Å². The Morgan fingerprint density at radius 3 is 3.00 bits per heavy atom. The van der Waals surface area contributed by atoms with Gasteiger partial charge in [-0.3, -0.25) is 4.79 Å². The van der Waals surface area contributed by atoms with Gasteiger partial charge in [0.1, 0.15) is 5.15 Å². The van der Waals surface area contributed by atoms with E-state index in [1.54, 1.807) is 18.3 Å². The summed E-state index contributed by atoms with van der Waals surface area (Å²) in [5, 5.41) is 3.21. The summed E-state index contributed by atoms with van der Waals surface area (Å²) in [5.74, 6) is 0.786. The molecule has 2 unspecified atom stereocenters. The maximum Gasteiger partial charge on any atom is 0.227 e. The minimum Gasteiger partial charge on any atom is -0.326 e. The van der Waals surface area contributed by atoms with Crippen molar-refractivity contribution in [3.8, 4) is 0 Å². The summed E-state index contributed by atoms with van der Waals surface area (Å²) in [5.41, 5.74) is 0.717. The molecule has 0 bridgehead atoms. The van der Waals surface area contributed by atoms with Crippen LogP contribution in [-0.4, -0.2) is 10.9 Å². The third-order valence-electron chi connectivity index (χ3n) is 2.44. The molecule has 1 aliphatic carbocycles. The van der Waals surface area contributed by atoms with E-state index in [9.17, 15) is 4.79 Å². The van der Waals surface area contributed by atoms with Crippen molar-refractivity contribution in [2.24, 2.45) is 11.8 Å². The Labute approximate surface area is 87.5 Å². The van der Waals surface area contributed by atoms with Crippen molar-refractivity contribution in [2.75, 3.05) is 5.32 Å². The highest BCUT2D eigenvalue weighted by Gasteiger charge is 2.38. The van der Waals surface area contributed by atoms with Crippen molar-refractivity contribution in [1.29, 1.82) is 0 Å². The molecule has 1 fully saturated rings. The Morgan fingerprint density at radius 2 is 2.43 bits per heavy atom. The number of rotatable bonds is 2. The summed E-state index contributed by atoms with van der Waals surface area (Å²) >= 11 is 5.69. The van der Waals surface area contributed by atoms with E-state index in [-0.39, 0.29) is 11.8 Å². The monoisotopic (exact) mass is 210 g/mol. The molecule has 1 saturated carbocycles. The molecule has 1 aliphatic rings. The maximum atomic E-state index is 11.5. The van der Waals surface area contributed by atoms with Crippen LogP contribution in [0.2, 0.25) is 5.15 Å². The third kappa shape index (κ3) is 2.04. The van der Waals surface area contributed by atoms with Gasteiger partial charge in [0, 0.05) is 17.8 Å². The molecule has 2 rings (SSSR count). The highest BCUT2D eigenvalue weighted by molar-refractivity contribution is 6.29. The zero-order chi connectivity index (χ0) is 10.1. The lowest BCUT2D eigenvalue weighted by Crippen LogP contribution is -2.14. The number of carbonyl (C=O) groups excluding carboxylic acids is 1. The van der Waals surface area contributed by atoms with Crippen molar-refractivity contribution in [2.45, 2.75) is 13.3 Å². The second kappa shape index (κ2) is 3.58. The first-order valence-electron chi connectivity index (χ1n) is 4.59. The van der Waals surface area contributed by atoms with Gasteiger partial charge in [-0.05, 0) is 24.5 Å². The SMILES string of the molecule is CC1CC1C(=O)Nc1ccnc(Cl)c1. The zero-order valence-corrected chi connectivity index (χ0v) is 8.58. The van der Waals surface area contributed by atoms with Gasteiger partial charge in [0.05, 0.1) is 0 Å². The van der Waals surface area contributed by atoms with Crippen molar-refractivity contribution >= 4 is 23.2 Å². The van der Waals surface area contributed by atoms with E-state index in [0.717, 1.165) is 6.42 Å². The number of anilines is 1. The highest BCUT2D eigenvalue weighted by atomic mass is 35.5. The van der Waals surface area contributed by atoms with Crippen molar-refractivity contribution in [1.82, 2.24) is 4.98 Å². The molecule has 0 radical (unpaired) electrons. The number of hydrogen-bond acceptors (Lipinski definition) is 2. The molecule has 1 heterocycles. The quantitative estimate of drug-likeness (QED) is 0.762. The number of hydrogen-bond donors (Lipinski definition) is 1. The second-order valence-electron chi connectivity index (χ2n) is 3.68. The van der Waals surface area contributed by atoms with Gasteiger partial charge in [-0.25, -0.2) is 4.98 Å². The van der Waals surface area contributed by atoms with Gasteiger partial charge in [-0.15, -0.1) is 0 Å². The van der Waals surface area contributed by atoms with Crippen LogP contribution in [0.5, 0.6) is 0 Å². The number of aromatic nitrogens is 1. The molecule has 14 heavy (non-hydrogen) atoms. The number of nitrogens with zero attached hydrogens (tertiary/aromatic N) is 1. The number of halogens is 1. The molecule has 74 valence electrons. The first-order valence-corrected chi connectivity index (χ1v) is 4.97. The number of carbonyl (C=O) groups is 1. The molecule has 1 amide bonds. The number of nitrogens with one attached hydrogen (secondary N) is 1. The van der Waals surface area contributed by atoms with Crippen LogP contribution in [0.4, 0.5) is 5.69 Å². The molecule has 2 atom stereocenters. The summed E-state index contributed by atoms with van der Waals surface area (Å²) < 4.78 is 0. The van der Waals surface area contributed by atoms with Crippen LogP contribution >= 0.6 is 11.6 Å². The Kier molecular flexibility index (Phi) is 2.42. The minimum atomic E-state index is 0.0831. The Balaban J connectivity index is 2.00. The molecule has 0 aliphatic heterocycles. The van der Waals surface area contributed by atoms with E-state index in [0.29, 0.717) is 16.8 Å². The van der Waals surface area contributed by atoms with Crippen LogP contribution in [0.15, 0.2) is 18.3 Å². The van der Waals surface area contributed by atoms with Crippen LogP contribution in [0.1, 0.15) is 13.3 Å². The summed E-state index contributed by atoms with van der Waals surface area (Å²) in [4.78, 5) is 15.4. The minimum absolute atomic E-state index is 0.0831. The van der Waals surface area contributed by atoms with Crippen LogP contribution < -0.4 is 5.32 Å². The van der Waals surface area contributed by atoms with E-state index in [1.807, 2.05) is 0 Å². The first-order chi connectivity index (χ1) is 6.66. The molecule has 3 nitrogen and oxygen atoms in total. The average Bonchev–Trinajstić information content (AvgIpc) is 2.82. The second-order valence-corrected chi connectivity index (χ2v) is 4.06. The first kappa shape index (κ1) is 9.46. The van der Waals surface area contributed by atoms with E-state index < -0.39 is 0 Å². The number of pyridine rings is 1. The summed E-state index contributed by atoms with van der Waals surface area (Å²) in [6.45, 7) is 2.07. The smallest absolute Gasteiger partial charge is 0.227 e. The average molecular weight is 211 g/mol. The summed E-state index contributed by atoms with van der Waals surface area (Å²) in [6.07, 6.45) is 2.57. The van der Waals surface area contributed by atoms with Crippen LogP contribution in [0, 0.1) is 11.8 Å². The largest absolute Gasteiger partial charge is 0.326 e. The fraction of sp³-hybridized carbons (Fsp3) is 0.400. The molecular weight excluding hydrogens is 200 g/mol. The predicted molar refractivity (Wildman–Crippen MR) is 55.1 cm³/mol. The fourth-order valence-electron chi connectivity index (χ4n) is 1.40. The summed E-state index contributed by atoms with van der Waals surface area (Å²) in [6, 6.07) is 3.38. The molecular formula is C10H11ClN2O. The summed E-state index contributed by atoms with van der Waals surface area (Å²) in [7, 11) is 0. The van der Waals surface area contributed by atoms with Crippen molar-refractivity contribution in [3.05, 3.63) is 23.5 Å². The lowest BCUT2D eigenvalue weighted by atomic mass is 10.3. The molecule has 1 N–H and O–H groups in total. The molecule has 1 aromatic rings. The zero-order valence-electron chi connectivity index (χ0n) is 7.83. The lowest BCUT2D eigenvalue weighted by molar-refractivity contribution is -0.117. The van der Waals surface area contributed by atoms with Gasteiger partial charge in [-0.2, -0.15) is 0 Å². The standard InChI is InChI=1S/C10H11ClN2O/c1-6-4-8(6)10(14)13-7-2-3-12-9(11)5-7/h2-3,5-6,8H,4H2,1H3,(H,12,13,14). The number of amides is 1. The molecule has 0 aromatic carbocycles. The van der Waals surface area contributed by atoms with E-state index >= 15 is 0 Å². The van der Waals surface area contributed by atoms with Gasteiger partial charge in [0.15, 0.2) is 0 Å². The molecule has 0 spiro atoms. The van der Waals surface area contributed by atoms with Gasteiger partial charge >= 0.3 is 0 Å². The third-order valence-corrected chi connectivity index (χ3v) is 2.65. The normalized spacial score (nSPS) is 24.4. The van der Waals surface area contributed by atoms with Crippen LogP contribution in [-0.2, 0) is 4.79 Å². The topological polar surface area (TPSA) is 42.0 Å². The van der Waals surface area contributed by atoms with Crippen LogP contribution in [0.25, 0.3) is 0 Å². The van der Waals surface area contributed by atoms with E-state index in [2.05, 4.69) is 17.2 Å². The van der Waals surface area contributed by atoms with Gasteiger partial charge < -0.3 is 5.32 Å². The van der Waals surface area contributed by atoms with Crippen molar-refractivity contribution < 1.29 is 4.79 Å². The van der Waals surface area contributed by atoms with Crippen LogP contribution in [0.3, 0.4) is 0 Å². The predicted octanol–water partition coefficient (Wildman–Crippen LogP) is 2.33. The Hall–Kier alpha value is -1.09. The molecule has 0 saturated heterocycles. The maximum absolute atomic E-state index is 11.5. The Bertz CT molecular complexity index is 367. The highest BCUT2D eigenvalue weighted by Crippen LogP contribution is 2.38. The van der Waals surface area contributed by atoms with E-state index in [1.165, 1.54) is 0 Å². The van der Waals surface area contributed by atoms with E-state index in [4.69, 9.17) is 11.6 Å². The van der Waals surface area contributed by atoms with Gasteiger partial charge in [0.2, 0.25) is 5.91 Å². The Morgan fingerprint density at radius 1 is 1.71 bits per heavy atom. The lowest BCUT2D eigenvalue weighted by Gasteiger charge is -2.03.